The number of nitriles is 1. The monoisotopic (exact) mass is 455 g/mol. The van der Waals surface area contributed by atoms with Crippen molar-refractivity contribution in [3.05, 3.63) is 35.4 Å². The van der Waals surface area contributed by atoms with Gasteiger partial charge in [-0.25, -0.2) is 4.99 Å². The first kappa shape index (κ1) is 21.2. The van der Waals surface area contributed by atoms with E-state index >= 15 is 0 Å². The van der Waals surface area contributed by atoms with Gasteiger partial charge in [-0.3, -0.25) is 4.79 Å². The Morgan fingerprint density at radius 2 is 2.24 bits per heavy atom. The molecular formula is C18H26IN5O. The summed E-state index contributed by atoms with van der Waals surface area (Å²) in [6.07, 6.45) is 1.48. The first-order valence-corrected chi connectivity index (χ1v) is 8.48. The van der Waals surface area contributed by atoms with Gasteiger partial charge in [-0.1, -0.05) is 19.1 Å². The third kappa shape index (κ3) is 6.53. The van der Waals surface area contributed by atoms with E-state index in [0.717, 1.165) is 37.6 Å². The molecule has 1 aromatic carbocycles. The molecule has 1 aliphatic rings. The quantitative estimate of drug-likeness (QED) is 0.406. The molecule has 1 heterocycles. The molecule has 1 amide bonds. The summed E-state index contributed by atoms with van der Waals surface area (Å²) in [7, 11) is 0. The van der Waals surface area contributed by atoms with Gasteiger partial charge in [0.05, 0.1) is 18.2 Å². The molecule has 136 valence electrons. The van der Waals surface area contributed by atoms with Gasteiger partial charge in [0.1, 0.15) is 0 Å². The molecule has 1 unspecified atom stereocenters. The number of likely N-dealkylation sites (tertiary alicyclic amines) is 1. The van der Waals surface area contributed by atoms with E-state index in [9.17, 15) is 4.79 Å². The summed E-state index contributed by atoms with van der Waals surface area (Å²) in [5, 5.41) is 15.6. The number of carbonyl (C=O) groups excluding carboxylic acids is 1. The number of halogens is 1. The van der Waals surface area contributed by atoms with E-state index in [1.807, 2.05) is 36.9 Å². The van der Waals surface area contributed by atoms with Crippen molar-refractivity contribution in [2.45, 2.75) is 39.3 Å². The summed E-state index contributed by atoms with van der Waals surface area (Å²) in [5.41, 5.74) is 1.64. The van der Waals surface area contributed by atoms with Crippen molar-refractivity contribution in [3.63, 3.8) is 0 Å². The van der Waals surface area contributed by atoms with Gasteiger partial charge in [-0.15, -0.1) is 24.0 Å². The zero-order valence-electron chi connectivity index (χ0n) is 14.8. The molecule has 0 aromatic heterocycles. The zero-order chi connectivity index (χ0) is 17.4. The fourth-order valence-electron chi connectivity index (χ4n) is 2.75. The summed E-state index contributed by atoms with van der Waals surface area (Å²) < 4.78 is 0. The van der Waals surface area contributed by atoms with Gasteiger partial charge in [0.25, 0.3) is 0 Å². The van der Waals surface area contributed by atoms with Crippen molar-refractivity contribution in [2.75, 3.05) is 19.6 Å². The molecule has 6 nitrogen and oxygen atoms in total. The molecule has 7 heteroatoms. The number of aliphatic imine (C=N–C) groups is 1. The Morgan fingerprint density at radius 1 is 1.44 bits per heavy atom. The van der Waals surface area contributed by atoms with E-state index in [0.29, 0.717) is 18.5 Å². The number of nitrogens with zero attached hydrogens (tertiary/aromatic N) is 3. The predicted octanol–water partition coefficient (Wildman–Crippen LogP) is 2.24. The molecule has 0 spiro atoms. The van der Waals surface area contributed by atoms with Crippen molar-refractivity contribution >= 4 is 35.8 Å². The van der Waals surface area contributed by atoms with Crippen molar-refractivity contribution in [2.24, 2.45) is 4.99 Å². The van der Waals surface area contributed by atoms with E-state index in [1.54, 1.807) is 6.07 Å². The molecule has 0 radical (unpaired) electrons. The first-order valence-electron chi connectivity index (χ1n) is 8.48. The van der Waals surface area contributed by atoms with Crippen LogP contribution in [0.25, 0.3) is 0 Å². The van der Waals surface area contributed by atoms with Crippen molar-refractivity contribution in [1.29, 1.82) is 5.26 Å². The number of carbonyl (C=O) groups is 1. The van der Waals surface area contributed by atoms with E-state index < -0.39 is 0 Å². The number of rotatable bonds is 5. The molecule has 1 atom stereocenters. The van der Waals surface area contributed by atoms with Gasteiger partial charge < -0.3 is 15.5 Å². The molecule has 2 N–H and O–H groups in total. The van der Waals surface area contributed by atoms with Gasteiger partial charge in [0.2, 0.25) is 5.91 Å². The maximum atomic E-state index is 11.8. The van der Waals surface area contributed by atoms with Crippen molar-refractivity contribution in [1.82, 2.24) is 15.5 Å². The van der Waals surface area contributed by atoms with Crippen LogP contribution in [0.15, 0.2) is 29.3 Å². The average Bonchev–Trinajstić information content (AvgIpc) is 3.08. The highest BCUT2D eigenvalue weighted by Gasteiger charge is 2.25. The maximum Gasteiger partial charge on any atom is 0.222 e. The van der Waals surface area contributed by atoms with Gasteiger partial charge in [0.15, 0.2) is 5.96 Å². The smallest absolute Gasteiger partial charge is 0.222 e. The number of guanidine groups is 1. The summed E-state index contributed by atoms with van der Waals surface area (Å²) in [6.45, 7) is 6.72. The number of amides is 1. The standard InChI is InChI=1S/C18H25N5O.HI/c1-3-17(24)23-9-8-16(13-23)22-18(20-4-2)21-12-15-7-5-6-14(10-15)11-19;/h5-7,10,16H,3-4,8-9,12-13H2,1-2H3,(H2,20,21,22);1H. The fourth-order valence-corrected chi connectivity index (χ4v) is 2.75. The highest BCUT2D eigenvalue weighted by molar-refractivity contribution is 14.0. The minimum atomic E-state index is 0. The summed E-state index contributed by atoms with van der Waals surface area (Å²) in [6, 6.07) is 9.84. The van der Waals surface area contributed by atoms with Crippen LogP contribution in [0.1, 0.15) is 37.8 Å². The zero-order valence-corrected chi connectivity index (χ0v) is 17.1. The molecule has 1 aromatic rings. The van der Waals surface area contributed by atoms with Crippen LogP contribution in [0.3, 0.4) is 0 Å². The molecule has 1 fully saturated rings. The average molecular weight is 455 g/mol. The minimum Gasteiger partial charge on any atom is -0.357 e. The Kier molecular flexibility index (Phi) is 9.27. The third-order valence-corrected chi connectivity index (χ3v) is 4.00. The largest absolute Gasteiger partial charge is 0.357 e. The van der Waals surface area contributed by atoms with Crippen molar-refractivity contribution < 1.29 is 4.79 Å². The van der Waals surface area contributed by atoms with E-state index in [1.165, 1.54) is 0 Å². The van der Waals surface area contributed by atoms with Crippen molar-refractivity contribution in [3.8, 4) is 6.07 Å². The van der Waals surface area contributed by atoms with Gasteiger partial charge >= 0.3 is 0 Å². The van der Waals surface area contributed by atoms with Crippen LogP contribution in [0, 0.1) is 11.3 Å². The lowest BCUT2D eigenvalue weighted by atomic mass is 10.1. The molecule has 0 bridgehead atoms. The molecule has 1 saturated heterocycles. The second-order valence-corrected chi connectivity index (χ2v) is 5.83. The normalized spacial score (nSPS) is 16.8. The second-order valence-electron chi connectivity index (χ2n) is 5.83. The molecule has 0 aliphatic carbocycles. The van der Waals surface area contributed by atoms with Gasteiger partial charge in [0, 0.05) is 32.1 Å². The number of hydrogen-bond donors (Lipinski definition) is 2. The number of hydrogen-bond acceptors (Lipinski definition) is 3. The maximum absolute atomic E-state index is 11.8. The Bertz CT molecular complexity index is 641. The SMILES string of the molecule is CCNC(=NCc1cccc(C#N)c1)NC1CCN(C(=O)CC)C1.I. The topological polar surface area (TPSA) is 80.5 Å². The lowest BCUT2D eigenvalue weighted by Crippen LogP contribution is -2.45. The Hall–Kier alpha value is -1.82. The van der Waals surface area contributed by atoms with Crippen LogP contribution >= 0.6 is 24.0 Å². The highest BCUT2D eigenvalue weighted by Crippen LogP contribution is 2.11. The van der Waals surface area contributed by atoms with Crippen LogP contribution in [-0.4, -0.2) is 42.4 Å². The van der Waals surface area contributed by atoms with Crippen LogP contribution < -0.4 is 10.6 Å². The van der Waals surface area contributed by atoms with Crippen LogP contribution in [0.5, 0.6) is 0 Å². The summed E-state index contributed by atoms with van der Waals surface area (Å²) in [5.74, 6) is 0.949. The van der Waals surface area contributed by atoms with Crippen LogP contribution in [0.2, 0.25) is 0 Å². The summed E-state index contributed by atoms with van der Waals surface area (Å²) >= 11 is 0. The van der Waals surface area contributed by atoms with Gasteiger partial charge in [-0.2, -0.15) is 5.26 Å². The minimum absolute atomic E-state index is 0. The third-order valence-electron chi connectivity index (χ3n) is 4.00. The first-order chi connectivity index (χ1) is 11.7. The molecular weight excluding hydrogens is 429 g/mol. The Labute approximate surface area is 166 Å². The van der Waals surface area contributed by atoms with E-state index in [2.05, 4.69) is 21.7 Å². The number of benzene rings is 1. The number of nitrogens with one attached hydrogen (secondary N) is 2. The fraction of sp³-hybridized carbons (Fsp3) is 0.500. The molecule has 25 heavy (non-hydrogen) atoms. The molecule has 0 saturated carbocycles. The highest BCUT2D eigenvalue weighted by atomic mass is 127. The van der Waals surface area contributed by atoms with Crippen LogP contribution in [0.4, 0.5) is 0 Å². The van der Waals surface area contributed by atoms with Gasteiger partial charge in [-0.05, 0) is 31.0 Å². The Morgan fingerprint density at radius 3 is 2.92 bits per heavy atom. The molecule has 1 aliphatic heterocycles. The Balaban J connectivity index is 0.00000312. The van der Waals surface area contributed by atoms with Crippen LogP contribution in [-0.2, 0) is 11.3 Å². The summed E-state index contributed by atoms with van der Waals surface area (Å²) in [4.78, 5) is 18.3. The lowest BCUT2D eigenvalue weighted by molar-refractivity contribution is -0.129. The van der Waals surface area contributed by atoms with E-state index in [-0.39, 0.29) is 35.9 Å². The van der Waals surface area contributed by atoms with E-state index in [4.69, 9.17) is 5.26 Å². The lowest BCUT2D eigenvalue weighted by Gasteiger charge is -2.18. The molecule has 2 rings (SSSR count). The second kappa shape index (κ2) is 10.9. The predicted molar refractivity (Wildman–Crippen MR) is 110 cm³/mol.